The molecule has 4 rings (SSSR count). The minimum absolute atomic E-state index is 0.112. The molecular formula is C24H33NO6. The Labute approximate surface area is 184 Å². The van der Waals surface area contributed by atoms with Gasteiger partial charge < -0.3 is 23.8 Å². The lowest BCUT2D eigenvalue weighted by Gasteiger charge is -2.44. The van der Waals surface area contributed by atoms with E-state index in [-0.39, 0.29) is 35.9 Å². The second-order valence-corrected chi connectivity index (χ2v) is 9.99. The molecule has 2 fully saturated rings. The molecule has 1 aliphatic carbocycles. The fourth-order valence-electron chi connectivity index (χ4n) is 4.52. The first-order valence-corrected chi connectivity index (χ1v) is 11.2. The van der Waals surface area contributed by atoms with Crippen molar-refractivity contribution in [2.45, 2.75) is 58.2 Å². The SMILES string of the molecule is COC(=O)[C@@H](C)[C@H](c1ccc2c(c1)OC(C1CN(C(=O)OC(C)(C)C)C1)CO2)C1CC1. The van der Waals surface area contributed by atoms with Gasteiger partial charge in [-0.2, -0.15) is 0 Å². The first-order valence-electron chi connectivity index (χ1n) is 11.2. The highest BCUT2D eigenvalue weighted by Crippen LogP contribution is 2.49. The molecule has 1 unspecified atom stereocenters. The van der Waals surface area contributed by atoms with E-state index in [1.165, 1.54) is 7.11 Å². The number of nitrogens with zero attached hydrogens (tertiary/aromatic N) is 1. The second kappa shape index (κ2) is 8.24. The molecule has 0 spiro atoms. The molecule has 0 radical (unpaired) electrons. The van der Waals surface area contributed by atoms with Crippen molar-refractivity contribution in [3.8, 4) is 11.5 Å². The Balaban J connectivity index is 1.41. The molecule has 1 saturated carbocycles. The number of likely N-dealkylation sites (tertiary alicyclic amines) is 1. The van der Waals surface area contributed by atoms with E-state index in [2.05, 4.69) is 0 Å². The van der Waals surface area contributed by atoms with E-state index in [0.717, 1.165) is 24.2 Å². The summed E-state index contributed by atoms with van der Waals surface area (Å²) in [5.74, 6) is 1.88. The van der Waals surface area contributed by atoms with E-state index in [1.54, 1.807) is 4.90 Å². The standard InChI is InChI=1S/C24H33NO6/c1-14(22(26)28-5)21(15-6-7-15)16-8-9-18-19(10-16)30-20(13-29-18)17-11-25(12-17)23(27)31-24(2,3)4/h8-10,14-15,17,20-21H,6-7,11-13H2,1-5H3/t14-,20?,21-/m0/s1. The zero-order chi connectivity index (χ0) is 22.3. The highest BCUT2D eigenvalue weighted by molar-refractivity contribution is 5.73. The Morgan fingerprint density at radius 3 is 2.48 bits per heavy atom. The normalized spacial score (nSPS) is 22.9. The molecule has 0 aromatic heterocycles. The fraction of sp³-hybridized carbons (Fsp3) is 0.667. The third kappa shape index (κ3) is 4.75. The largest absolute Gasteiger partial charge is 0.486 e. The Morgan fingerprint density at radius 2 is 1.87 bits per heavy atom. The van der Waals surface area contributed by atoms with Gasteiger partial charge in [-0.15, -0.1) is 0 Å². The Bertz CT molecular complexity index is 837. The number of ether oxygens (including phenoxy) is 4. The molecule has 31 heavy (non-hydrogen) atoms. The van der Waals surface area contributed by atoms with Crippen molar-refractivity contribution >= 4 is 12.1 Å². The Morgan fingerprint density at radius 1 is 1.16 bits per heavy atom. The maximum absolute atomic E-state index is 12.2. The van der Waals surface area contributed by atoms with Crippen LogP contribution in [0.1, 0.15) is 52.0 Å². The van der Waals surface area contributed by atoms with E-state index < -0.39 is 5.60 Å². The highest BCUT2D eigenvalue weighted by Gasteiger charge is 2.42. The number of hydrogen-bond donors (Lipinski definition) is 0. The van der Waals surface area contributed by atoms with Crippen molar-refractivity contribution in [2.24, 2.45) is 17.8 Å². The van der Waals surface area contributed by atoms with Crippen LogP contribution in [0.4, 0.5) is 4.79 Å². The van der Waals surface area contributed by atoms with Gasteiger partial charge in [0.1, 0.15) is 18.3 Å². The van der Waals surface area contributed by atoms with Crippen LogP contribution in [-0.4, -0.2) is 55.5 Å². The molecule has 2 aliphatic heterocycles. The highest BCUT2D eigenvalue weighted by atomic mass is 16.6. The van der Waals surface area contributed by atoms with Gasteiger partial charge in [0.05, 0.1) is 13.0 Å². The average molecular weight is 432 g/mol. The summed E-state index contributed by atoms with van der Waals surface area (Å²) in [7, 11) is 1.44. The molecule has 1 amide bonds. The maximum atomic E-state index is 12.2. The molecular weight excluding hydrogens is 398 g/mol. The summed E-state index contributed by atoms with van der Waals surface area (Å²) >= 11 is 0. The maximum Gasteiger partial charge on any atom is 0.410 e. The summed E-state index contributed by atoms with van der Waals surface area (Å²) in [4.78, 5) is 26.1. The number of amides is 1. The predicted octanol–water partition coefficient (Wildman–Crippen LogP) is 4.00. The van der Waals surface area contributed by atoms with E-state index >= 15 is 0 Å². The number of esters is 1. The van der Waals surface area contributed by atoms with Crippen molar-refractivity contribution in [1.29, 1.82) is 0 Å². The minimum Gasteiger partial charge on any atom is -0.486 e. The van der Waals surface area contributed by atoms with E-state index in [0.29, 0.717) is 31.4 Å². The quantitative estimate of drug-likeness (QED) is 0.656. The molecule has 7 nitrogen and oxygen atoms in total. The van der Waals surface area contributed by atoms with Gasteiger partial charge >= 0.3 is 12.1 Å². The van der Waals surface area contributed by atoms with Crippen LogP contribution in [0.3, 0.4) is 0 Å². The number of carbonyl (C=O) groups excluding carboxylic acids is 2. The predicted molar refractivity (Wildman–Crippen MR) is 114 cm³/mol. The summed E-state index contributed by atoms with van der Waals surface area (Å²) in [5.41, 5.74) is 0.592. The minimum atomic E-state index is -0.499. The van der Waals surface area contributed by atoms with Crippen LogP contribution in [0.25, 0.3) is 0 Å². The van der Waals surface area contributed by atoms with Crippen molar-refractivity contribution in [1.82, 2.24) is 4.90 Å². The second-order valence-electron chi connectivity index (χ2n) is 9.99. The van der Waals surface area contributed by atoms with E-state index in [1.807, 2.05) is 45.9 Å². The lowest BCUT2D eigenvalue weighted by molar-refractivity contribution is -0.145. The van der Waals surface area contributed by atoms with Crippen molar-refractivity contribution < 1.29 is 28.5 Å². The van der Waals surface area contributed by atoms with Gasteiger partial charge in [0, 0.05) is 19.0 Å². The summed E-state index contributed by atoms with van der Waals surface area (Å²) in [6.07, 6.45) is 1.86. The van der Waals surface area contributed by atoms with Gasteiger partial charge in [-0.3, -0.25) is 4.79 Å². The fourth-order valence-corrected chi connectivity index (χ4v) is 4.52. The van der Waals surface area contributed by atoms with Crippen LogP contribution in [0.15, 0.2) is 18.2 Å². The van der Waals surface area contributed by atoms with Gasteiger partial charge in [0.15, 0.2) is 11.5 Å². The van der Waals surface area contributed by atoms with Gasteiger partial charge in [-0.1, -0.05) is 13.0 Å². The van der Waals surface area contributed by atoms with Crippen LogP contribution in [-0.2, 0) is 14.3 Å². The van der Waals surface area contributed by atoms with Gasteiger partial charge in [-0.05, 0) is 63.1 Å². The summed E-state index contributed by atoms with van der Waals surface area (Å²) < 4.78 is 22.7. The van der Waals surface area contributed by atoms with Gasteiger partial charge in [0.25, 0.3) is 0 Å². The lowest BCUT2D eigenvalue weighted by atomic mass is 9.83. The number of methoxy groups -OCH3 is 1. The van der Waals surface area contributed by atoms with Crippen molar-refractivity contribution in [3.05, 3.63) is 23.8 Å². The number of rotatable bonds is 5. The van der Waals surface area contributed by atoms with Crippen LogP contribution in [0.5, 0.6) is 11.5 Å². The van der Waals surface area contributed by atoms with Gasteiger partial charge in [-0.25, -0.2) is 4.79 Å². The number of hydrogen-bond acceptors (Lipinski definition) is 6. The Hall–Kier alpha value is -2.44. The molecule has 0 N–H and O–H groups in total. The first-order chi connectivity index (χ1) is 14.7. The molecule has 1 aromatic rings. The molecule has 7 heteroatoms. The van der Waals surface area contributed by atoms with Crippen molar-refractivity contribution in [3.63, 3.8) is 0 Å². The van der Waals surface area contributed by atoms with Crippen LogP contribution in [0.2, 0.25) is 0 Å². The number of carbonyl (C=O) groups is 2. The molecule has 1 aromatic carbocycles. The molecule has 3 aliphatic rings. The lowest BCUT2D eigenvalue weighted by Crippen LogP contribution is -2.58. The van der Waals surface area contributed by atoms with Crippen LogP contribution in [0, 0.1) is 17.8 Å². The van der Waals surface area contributed by atoms with Gasteiger partial charge in [0.2, 0.25) is 0 Å². The van der Waals surface area contributed by atoms with Crippen molar-refractivity contribution in [2.75, 3.05) is 26.8 Å². The monoisotopic (exact) mass is 431 g/mol. The summed E-state index contributed by atoms with van der Waals surface area (Å²) in [6, 6.07) is 6.00. The molecule has 3 atom stereocenters. The average Bonchev–Trinajstić information content (AvgIpc) is 3.49. The Kier molecular flexibility index (Phi) is 5.79. The number of benzene rings is 1. The smallest absolute Gasteiger partial charge is 0.410 e. The zero-order valence-electron chi connectivity index (χ0n) is 19.1. The molecule has 1 saturated heterocycles. The molecule has 0 bridgehead atoms. The molecule has 2 heterocycles. The number of fused-ring (bicyclic) bond motifs is 1. The van der Waals surface area contributed by atoms with Crippen LogP contribution >= 0.6 is 0 Å². The van der Waals surface area contributed by atoms with Crippen LogP contribution < -0.4 is 9.47 Å². The summed E-state index contributed by atoms with van der Waals surface area (Å²) in [6.45, 7) is 9.20. The molecule has 170 valence electrons. The van der Waals surface area contributed by atoms with E-state index in [4.69, 9.17) is 18.9 Å². The van der Waals surface area contributed by atoms with E-state index in [9.17, 15) is 9.59 Å². The topological polar surface area (TPSA) is 74.3 Å². The third-order valence-electron chi connectivity index (χ3n) is 6.36. The third-order valence-corrected chi connectivity index (χ3v) is 6.36. The zero-order valence-corrected chi connectivity index (χ0v) is 19.1. The summed E-state index contributed by atoms with van der Waals surface area (Å²) in [5, 5.41) is 0. The first kappa shape index (κ1) is 21.8.